The maximum atomic E-state index is 9.77. The highest BCUT2D eigenvalue weighted by molar-refractivity contribution is 4.97. The Morgan fingerprint density at radius 2 is 1.62 bits per heavy atom. The molecule has 76 valence electrons. The topological polar surface area (TPSA) is 23.5 Å². The van der Waals surface area contributed by atoms with E-state index in [0.29, 0.717) is 5.41 Å². The summed E-state index contributed by atoms with van der Waals surface area (Å²) in [6.07, 6.45) is 4.60. The molecule has 0 atom stereocenters. The van der Waals surface area contributed by atoms with Crippen LogP contribution in [0, 0.1) is 5.41 Å². The number of likely N-dealkylation sites (tertiary alicyclic amines) is 1. The third-order valence-electron chi connectivity index (χ3n) is 3.55. The smallest absolute Gasteiger partial charge is 0.0776 e. The van der Waals surface area contributed by atoms with Crippen LogP contribution < -0.4 is 0 Å². The number of piperidine rings is 1. The Kier molecular flexibility index (Phi) is 2.16. The molecule has 0 aromatic heterocycles. The predicted molar refractivity (Wildman–Crippen MR) is 53.6 cm³/mol. The standard InChI is InChI=1S/C11H21NO/c1-10(2)5-7-12(8-6-10)9-11(13)3-4-11/h13H,3-9H2,1-2H3. The van der Waals surface area contributed by atoms with Crippen LogP contribution in [0.25, 0.3) is 0 Å². The zero-order chi connectivity index (χ0) is 9.53. The van der Waals surface area contributed by atoms with Crippen LogP contribution in [-0.2, 0) is 0 Å². The summed E-state index contributed by atoms with van der Waals surface area (Å²) in [5.74, 6) is 0. The maximum absolute atomic E-state index is 9.77. The van der Waals surface area contributed by atoms with Crippen LogP contribution in [-0.4, -0.2) is 35.2 Å². The minimum atomic E-state index is -0.290. The van der Waals surface area contributed by atoms with E-state index in [1.54, 1.807) is 0 Å². The molecule has 13 heavy (non-hydrogen) atoms. The molecule has 1 N–H and O–H groups in total. The van der Waals surface area contributed by atoms with E-state index in [0.717, 1.165) is 19.4 Å². The lowest BCUT2D eigenvalue weighted by Gasteiger charge is -2.37. The number of β-amino-alcohol motifs (C(OH)–C–C–N with tert-alkyl or cyclic N) is 1. The van der Waals surface area contributed by atoms with E-state index >= 15 is 0 Å². The predicted octanol–water partition coefficient (Wildman–Crippen LogP) is 1.63. The molecule has 2 heteroatoms. The lowest BCUT2D eigenvalue weighted by Crippen LogP contribution is -2.42. The van der Waals surface area contributed by atoms with Crippen LogP contribution in [0.4, 0.5) is 0 Å². The van der Waals surface area contributed by atoms with Crippen molar-refractivity contribution in [3.8, 4) is 0 Å². The van der Waals surface area contributed by atoms with Gasteiger partial charge in [-0.1, -0.05) is 13.8 Å². The molecule has 1 aliphatic heterocycles. The highest BCUT2D eigenvalue weighted by atomic mass is 16.3. The van der Waals surface area contributed by atoms with E-state index in [2.05, 4.69) is 18.7 Å². The normalized spacial score (nSPS) is 31.6. The molecule has 2 aliphatic rings. The van der Waals surface area contributed by atoms with Gasteiger partial charge in [-0.2, -0.15) is 0 Å². The third-order valence-corrected chi connectivity index (χ3v) is 3.55. The van der Waals surface area contributed by atoms with Crippen LogP contribution in [0.15, 0.2) is 0 Å². The molecule has 0 spiro atoms. The molecule has 2 fully saturated rings. The van der Waals surface area contributed by atoms with Crippen LogP contribution >= 0.6 is 0 Å². The first-order valence-electron chi connectivity index (χ1n) is 5.44. The quantitative estimate of drug-likeness (QED) is 0.703. The first kappa shape index (κ1) is 9.47. The molecule has 0 radical (unpaired) electrons. The van der Waals surface area contributed by atoms with Crippen molar-refractivity contribution in [2.75, 3.05) is 19.6 Å². The van der Waals surface area contributed by atoms with Gasteiger partial charge >= 0.3 is 0 Å². The van der Waals surface area contributed by atoms with Crippen molar-refractivity contribution >= 4 is 0 Å². The monoisotopic (exact) mass is 183 g/mol. The zero-order valence-electron chi connectivity index (χ0n) is 8.84. The summed E-state index contributed by atoms with van der Waals surface area (Å²) >= 11 is 0. The lowest BCUT2D eigenvalue weighted by molar-refractivity contribution is 0.0567. The number of nitrogens with zero attached hydrogens (tertiary/aromatic N) is 1. The SMILES string of the molecule is CC1(C)CCN(CC2(O)CC2)CC1. The summed E-state index contributed by atoms with van der Waals surface area (Å²) in [5.41, 5.74) is 0.240. The van der Waals surface area contributed by atoms with Crippen LogP contribution in [0.1, 0.15) is 39.5 Å². The van der Waals surface area contributed by atoms with E-state index in [1.807, 2.05) is 0 Å². The number of hydrogen-bond acceptors (Lipinski definition) is 2. The molecular formula is C11H21NO. The van der Waals surface area contributed by atoms with Crippen molar-refractivity contribution in [2.24, 2.45) is 5.41 Å². The van der Waals surface area contributed by atoms with Gasteiger partial charge in [-0.3, -0.25) is 0 Å². The Morgan fingerprint density at radius 3 is 2.08 bits per heavy atom. The van der Waals surface area contributed by atoms with Crippen molar-refractivity contribution in [2.45, 2.75) is 45.1 Å². The first-order chi connectivity index (χ1) is 5.99. The fourth-order valence-corrected chi connectivity index (χ4v) is 2.04. The minimum Gasteiger partial charge on any atom is -0.389 e. The summed E-state index contributed by atoms with van der Waals surface area (Å²) in [4.78, 5) is 2.43. The van der Waals surface area contributed by atoms with E-state index in [4.69, 9.17) is 0 Å². The molecule has 0 unspecified atom stereocenters. The highest BCUT2D eigenvalue weighted by Crippen LogP contribution is 2.37. The highest BCUT2D eigenvalue weighted by Gasteiger charge is 2.42. The Labute approximate surface area is 80.9 Å². The second-order valence-electron chi connectivity index (χ2n) is 5.66. The van der Waals surface area contributed by atoms with Crippen molar-refractivity contribution in [1.29, 1.82) is 0 Å². The van der Waals surface area contributed by atoms with Gasteiger partial charge in [-0.05, 0) is 44.2 Å². The van der Waals surface area contributed by atoms with Crippen molar-refractivity contribution in [3.63, 3.8) is 0 Å². The average molecular weight is 183 g/mol. The molecule has 1 saturated carbocycles. The van der Waals surface area contributed by atoms with Crippen LogP contribution in [0.3, 0.4) is 0 Å². The van der Waals surface area contributed by atoms with Gasteiger partial charge in [-0.15, -0.1) is 0 Å². The molecule has 1 heterocycles. The maximum Gasteiger partial charge on any atom is 0.0776 e. The van der Waals surface area contributed by atoms with Crippen molar-refractivity contribution < 1.29 is 5.11 Å². The van der Waals surface area contributed by atoms with Gasteiger partial charge in [0.25, 0.3) is 0 Å². The first-order valence-corrected chi connectivity index (χ1v) is 5.44. The third kappa shape index (κ3) is 2.44. The Balaban J connectivity index is 1.78. The Bertz CT molecular complexity index is 186. The Morgan fingerprint density at radius 1 is 1.08 bits per heavy atom. The molecular weight excluding hydrogens is 162 g/mol. The summed E-state index contributed by atoms with van der Waals surface area (Å²) < 4.78 is 0. The minimum absolute atomic E-state index is 0.290. The van der Waals surface area contributed by atoms with Gasteiger partial charge in [0, 0.05) is 6.54 Å². The molecule has 2 rings (SSSR count). The van der Waals surface area contributed by atoms with E-state index in [1.165, 1.54) is 25.9 Å². The van der Waals surface area contributed by atoms with E-state index in [-0.39, 0.29) is 5.60 Å². The molecule has 1 aliphatic carbocycles. The molecule has 0 aromatic carbocycles. The van der Waals surface area contributed by atoms with Gasteiger partial charge in [0.1, 0.15) is 0 Å². The van der Waals surface area contributed by atoms with Gasteiger partial charge in [0.15, 0.2) is 0 Å². The van der Waals surface area contributed by atoms with Crippen molar-refractivity contribution in [1.82, 2.24) is 4.90 Å². The summed E-state index contributed by atoms with van der Waals surface area (Å²) in [6, 6.07) is 0. The van der Waals surface area contributed by atoms with Crippen LogP contribution in [0.2, 0.25) is 0 Å². The van der Waals surface area contributed by atoms with Gasteiger partial charge in [-0.25, -0.2) is 0 Å². The summed E-state index contributed by atoms with van der Waals surface area (Å²) in [7, 11) is 0. The number of hydrogen-bond donors (Lipinski definition) is 1. The fourth-order valence-electron chi connectivity index (χ4n) is 2.04. The van der Waals surface area contributed by atoms with E-state index in [9.17, 15) is 5.11 Å². The summed E-state index contributed by atoms with van der Waals surface area (Å²) in [5, 5.41) is 9.77. The summed E-state index contributed by atoms with van der Waals surface area (Å²) in [6.45, 7) is 7.96. The number of rotatable bonds is 2. The molecule has 0 aromatic rings. The Hall–Kier alpha value is -0.0800. The average Bonchev–Trinajstić information content (AvgIpc) is 2.74. The second-order valence-corrected chi connectivity index (χ2v) is 5.66. The van der Waals surface area contributed by atoms with Gasteiger partial charge < -0.3 is 10.0 Å². The zero-order valence-corrected chi connectivity index (χ0v) is 8.84. The van der Waals surface area contributed by atoms with Crippen LogP contribution in [0.5, 0.6) is 0 Å². The van der Waals surface area contributed by atoms with E-state index < -0.39 is 0 Å². The van der Waals surface area contributed by atoms with Crippen molar-refractivity contribution in [3.05, 3.63) is 0 Å². The van der Waals surface area contributed by atoms with Gasteiger partial charge in [0.05, 0.1) is 5.60 Å². The van der Waals surface area contributed by atoms with Gasteiger partial charge in [0.2, 0.25) is 0 Å². The lowest BCUT2D eigenvalue weighted by atomic mass is 9.82. The second kappa shape index (κ2) is 2.96. The molecule has 2 nitrogen and oxygen atoms in total. The fraction of sp³-hybridized carbons (Fsp3) is 1.00. The molecule has 0 amide bonds. The largest absolute Gasteiger partial charge is 0.389 e. The molecule has 1 saturated heterocycles. The molecule has 0 bridgehead atoms. The number of aliphatic hydroxyl groups is 1.